The van der Waals surface area contributed by atoms with E-state index < -0.39 is 11.9 Å². The first-order valence-corrected chi connectivity index (χ1v) is 14.2. The van der Waals surface area contributed by atoms with Gasteiger partial charge >= 0.3 is 11.9 Å². The lowest BCUT2D eigenvalue weighted by Gasteiger charge is -2.05. The fraction of sp³-hybridized carbons (Fsp3) is 0.929. The first-order chi connectivity index (χ1) is 16.2. The van der Waals surface area contributed by atoms with Crippen molar-refractivity contribution in [1.29, 1.82) is 0 Å². The Kier molecular flexibility index (Phi) is 26.2. The van der Waals surface area contributed by atoms with E-state index >= 15 is 0 Å². The maximum Gasteiger partial charge on any atom is 0.380 e. The lowest BCUT2D eigenvalue weighted by atomic mass is 10.0. The van der Waals surface area contributed by atoms with Crippen LogP contribution < -0.4 is 0 Å². The van der Waals surface area contributed by atoms with Crippen molar-refractivity contribution in [3.63, 3.8) is 0 Å². The minimum Gasteiger partial charge on any atom is -0.370 e. The summed E-state index contributed by atoms with van der Waals surface area (Å²) in [5.74, 6) is -1.13. The van der Waals surface area contributed by atoms with E-state index in [0.29, 0.717) is 13.0 Å². The maximum absolute atomic E-state index is 11.6. The van der Waals surface area contributed by atoms with E-state index in [1.165, 1.54) is 103 Å². The Morgan fingerprint density at radius 1 is 0.455 bits per heavy atom. The van der Waals surface area contributed by atoms with Crippen molar-refractivity contribution in [2.45, 2.75) is 155 Å². The number of carbonyl (C=O) groups excluding carboxylic acids is 2. The second-order valence-corrected chi connectivity index (χ2v) is 9.43. The Hall–Kier alpha value is -1.10. The van der Waals surface area contributed by atoms with Gasteiger partial charge in [-0.1, -0.05) is 136 Å². The molecule has 0 aliphatic rings. The van der Waals surface area contributed by atoms with Crippen molar-refractivity contribution >= 4 is 11.9 Å². The molecule has 0 aliphatic heterocycles. The third-order valence-corrected chi connectivity index (χ3v) is 6.07. The van der Waals surface area contributed by atoms with Crippen LogP contribution in [0.1, 0.15) is 155 Å². The molecule has 0 rings (SSSR count). The minimum absolute atomic E-state index is 0.165. The molecule has 0 saturated carbocycles. The van der Waals surface area contributed by atoms with Crippen LogP contribution in [0.25, 0.3) is 0 Å². The molecule has 0 radical (unpaired) electrons. The van der Waals surface area contributed by atoms with Gasteiger partial charge < -0.3 is 4.74 Å². The molecular formula is C28H54O5. The second-order valence-electron chi connectivity index (χ2n) is 9.43. The molecule has 0 aromatic rings. The summed E-state index contributed by atoms with van der Waals surface area (Å²) in [5, 5.41) is 0. The van der Waals surface area contributed by atoms with Crippen molar-refractivity contribution in [2.24, 2.45) is 0 Å². The van der Waals surface area contributed by atoms with Crippen LogP contribution in [0.2, 0.25) is 0 Å². The van der Waals surface area contributed by atoms with Crippen LogP contribution in [0.4, 0.5) is 0 Å². The molecule has 0 aromatic heterocycles. The first kappa shape index (κ1) is 31.9. The Morgan fingerprint density at radius 3 is 1.27 bits per heavy atom. The van der Waals surface area contributed by atoms with Crippen LogP contribution in [-0.4, -0.2) is 25.2 Å². The zero-order chi connectivity index (χ0) is 24.2. The fourth-order valence-corrected chi connectivity index (χ4v) is 3.94. The van der Waals surface area contributed by atoms with E-state index in [4.69, 9.17) is 4.74 Å². The number of rotatable bonds is 25. The smallest absolute Gasteiger partial charge is 0.370 e. The minimum atomic E-state index is -0.647. The number of unbranched alkanes of at least 4 members (excludes halogenated alkanes) is 19. The number of hydrogen-bond acceptors (Lipinski definition) is 5. The van der Waals surface area contributed by atoms with E-state index in [9.17, 15) is 9.59 Å². The maximum atomic E-state index is 11.6. The molecule has 0 heterocycles. The fourth-order valence-electron chi connectivity index (χ4n) is 3.94. The van der Waals surface area contributed by atoms with Gasteiger partial charge in [0.05, 0.1) is 6.42 Å². The molecule has 0 unspecified atom stereocenters. The normalized spacial score (nSPS) is 11.0. The molecule has 0 aromatic carbocycles. The van der Waals surface area contributed by atoms with Gasteiger partial charge in [0.2, 0.25) is 0 Å². The third-order valence-electron chi connectivity index (χ3n) is 6.07. The Labute approximate surface area is 204 Å². The number of carbonyl (C=O) groups is 2. The number of ether oxygens (including phenoxy) is 1. The monoisotopic (exact) mass is 470 g/mol. The summed E-state index contributed by atoms with van der Waals surface area (Å²) in [6.07, 6.45) is 26.6. The Bertz CT molecular complexity index is 425. The van der Waals surface area contributed by atoms with Crippen molar-refractivity contribution in [3.05, 3.63) is 0 Å². The highest BCUT2D eigenvalue weighted by Crippen LogP contribution is 2.14. The SMILES string of the molecule is CCCCCCCCCCCCCCCCCC(=O)OOC(=O)COCCCCCCCC. The van der Waals surface area contributed by atoms with Crippen LogP contribution in [0, 0.1) is 0 Å². The molecule has 0 bridgehead atoms. The molecule has 196 valence electrons. The largest absolute Gasteiger partial charge is 0.380 e. The zero-order valence-corrected chi connectivity index (χ0v) is 22.0. The predicted octanol–water partition coefficient (Wildman–Crippen LogP) is 8.63. The highest BCUT2D eigenvalue weighted by atomic mass is 17.2. The molecule has 33 heavy (non-hydrogen) atoms. The summed E-state index contributed by atoms with van der Waals surface area (Å²) in [6, 6.07) is 0. The van der Waals surface area contributed by atoms with Crippen LogP contribution in [0.15, 0.2) is 0 Å². The first-order valence-electron chi connectivity index (χ1n) is 14.2. The summed E-state index contributed by atoms with van der Waals surface area (Å²) in [4.78, 5) is 32.3. The van der Waals surface area contributed by atoms with Gasteiger partial charge in [-0.3, -0.25) is 0 Å². The molecular weight excluding hydrogens is 416 g/mol. The van der Waals surface area contributed by atoms with Gasteiger partial charge in [-0.2, -0.15) is 0 Å². The van der Waals surface area contributed by atoms with Crippen LogP contribution in [-0.2, 0) is 24.1 Å². The van der Waals surface area contributed by atoms with E-state index in [2.05, 4.69) is 23.6 Å². The topological polar surface area (TPSA) is 61.8 Å². The van der Waals surface area contributed by atoms with Crippen LogP contribution >= 0.6 is 0 Å². The highest BCUT2D eigenvalue weighted by Gasteiger charge is 2.09. The van der Waals surface area contributed by atoms with Gasteiger partial charge in [0.1, 0.15) is 6.61 Å². The Balaban J connectivity index is 3.27. The summed E-state index contributed by atoms with van der Waals surface area (Å²) >= 11 is 0. The van der Waals surface area contributed by atoms with Gasteiger partial charge in [-0.25, -0.2) is 19.4 Å². The molecule has 0 atom stereocenters. The standard InChI is InChI=1S/C28H54O5/c1-3-5-7-9-11-12-13-14-15-16-17-18-19-20-22-24-27(29)32-33-28(30)26-31-25-23-21-10-8-6-4-2/h3-26H2,1-2H3. The summed E-state index contributed by atoms with van der Waals surface area (Å²) in [5.41, 5.74) is 0. The second kappa shape index (κ2) is 27.1. The predicted molar refractivity (Wildman–Crippen MR) is 136 cm³/mol. The van der Waals surface area contributed by atoms with E-state index in [0.717, 1.165) is 32.1 Å². The molecule has 0 spiro atoms. The molecule has 0 N–H and O–H groups in total. The molecule has 0 saturated heterocycles. The van der Waals surface area contributed by atoms with Crippen molar-refractivity contribution < 1.29 is 24.1 Å². The van der Waals surface area contributed by atoms with E-state index in [1.807, 2.05) is 0 Å². The van der Waals surface area contributed by atoms with Gasteiger partial charge in [0, 0.05) is 6.61 Å². The zero-order valence-electron chi connectivity index (χ0n) is 22.0. The van der Waals surface area contributed by atoms with E-state index in [-0.39, 0.29) is 6.61 Å². The van der Waals surface area contributed by atoms with Crippen LogP contribution in [0.3, 0.4) is 0 Å². The quantitative estimate of drug-likeness (QED) is 0.0759. The number of hydrogen-bond donors (Lipinski definition) is 0. The summed E-state index contributed by atoms with van der Waals surface area (Å²) < 4.78 is 5.26. The highest BCUT2D eigenvalue weighted by molar-refractivity contribution is 5.73. The van der Waals surface area contributed by atoms with Crippen molar-refractivity contribution in [1.82, 2.24) is 0 Å². The van der Waals surface area contributed by atoms with Crippen LogP contribution in [0.5, 0.6) is 0 Å². The average molecular weight is 471 g/mol. The average Bonchev–Trinajstić information content (AvgIpc) is 2.82. The molecule has 0 amide bonds. The summed E-state index contributed by atoms with van der Waals surface area (Å²) in [6.45, 7) is 4.83. The van der Waals surface area contributed by atoms with Gasteiger partial charge in [-0.15, -0.1) is 0 Å². The molecule has 5 nitrogen and oxygen atoms in total. The van der Waals surface area contributed by atoms with Crippen molar-refractivity contribution in [2.75, 3.05) is 13.2 Å². The lowest BCUT2D eigenvalue weighted by molar-refractivity contribution is -0.261. The third kappa shape index (κ3) is 27.0. The van der Waals surface area contributed by atoms with E-state index in [1.54, 1.807) is 0 Å². The molecule has 0 fully saturated rings. The molecule has 5 heteroatoms. The summed E-state index contributed by atoms with van der Waals surface area (Å²) in [7, 11) is 0. The lowest BCUT2D eigenvalue weighted by Crippen LogP contribution is -2.16. The molecule has 0 aliphatic carbocycles. The van der Waals surface area contributed by atoms with Gasteiger partial charge in [0.15, 0.2) is 0 Å². The Morgan fingerprint density at radius 2 is 0.818 bits per heavy atom. The van der Waals surface area contributed by atoms with Gasteiger partial charge in [0.25, 0.3) is 0 Å². The van der Waals surface area contributed by atoms with Crippen molar-refractivity contribution in [3.8, 4) is 0 Å². The van der Waals surface area contributed by atoms with Gasteiger partial charge in [-0.05, 0) is 12.8 Å².